The van der Waals surface area contributed by atoms with Crippen molar-refractivity contribution in [3.8, 4) is 5.75 Å². The summed E-state index contributed by atoms with van der Waals surface area (Å²) in [5.74, 6) is -0.905. The monoisotopic (exact) mass is 461 g/mol. The highest BCUT2D eigenvalue weighted by Gasteiger charge is 2.50. The summed E-state index contributed by atoms with van der Waals surface area (Å²) in [5, 5.41) is 79.8. The lowest BCUT2D eigenvalue weighted by Crippen LogP contribution is -2.63. The molecule has 2 fully saturated rings. The third kappa shape index (κ3) is 5.21. The Morgan fingerprint density at radius 2 is 1.47 bits per heavy atom. The molecule has 2 saturated heterocycles. The molecule has 32 heavy (non-hydrogen) atoms. The molecule has 10 N–H and O–H groups in total. The van der Waals surface area contributed by atoms with Crippen LogP contribution in [0.4, 0.5) is 0 Å². The van der Waals surface area contributed by atoms with Crippen molar-refractivity contribution in [3.05, 3.63) is 29.8 Å². The van der Waals surface area contributed by atoms with Gasteiger partial charge in [0.1, 0.15) is 42.4 Å². The quantitative estimate of drug-likeness (QED) is 0.195. The topological polar surface area (TPSA) is 216 Å². The van der Waals surface area contributed by atoms with Crippen LogP contribution < -0.4 is 5.73 Å². The Morgan fingerprint density at radius 3 is 2.06 bits per heavy atom. The fourth-order valence-electron chi connectivity index (χ4n) is 4.05. The van der Waals surface area contributed by atoms with Crippen LogP contribution in [0, 0.1) is 5.92 Å². The van der Waals surface area contributed by atoms with Crippen LogP contribution in [0.5, 0.6) is 5.75 Å². The number of ether oxygens (including phenoxy) is 3. The molecular formula is C20H31NO11. The van der Waals surface area contributed by atoms with Gasteiger partial charge in [-0.2, -0.15) is 0 Å². The lowest BCUT2D eigenvalue weighted by atomic mass is 9.84. The van der Waals surface area contributed by atoms with Crippen LogP contribution in [0.2, 0.25) is 0 Å². The first kappa shape index (κ1) is 25.2. The van der Waals surface area contributed by atoms with E-state index in [1.165, 1.54) is 12.1 Å². The summed E-state index contributed by atoms with van der Waals surface area (Å²) >= 11 is 0. The van der Waals surface area contributed by atoms with Crippen molar-refractivity contribution in [1.29, 1.82) is 0 Å². The Balaban J connectivity index is 1.75. The molecule has 3 rings (SSSR count). The molecule has 1 aromatic carbocycles. The number of benzene rings is 1. The summed E-state index contributed by atoms with van der Waals surface area (Å²) in [6.07, 6.45) is -13.2. The van der Waals surface area contributed by atoms with E-state index in [2.05, 4.69) is 0 Å². The minimum atomic E-state index is -1.72. The third-order valence-corrected chi connectivity index (χ3v) is 5.99. The van der Waals surface area contributed by atoms with Gasteiger partial charge in [-0.15, -0.1) is 0 Å². The number of phenolic OH excluding ortho intramolecular Hbond substituents is 1. The summed E-state index contributed by atoms with van der Waals surface area (Å²) in [4.78, 5) is 0. The van der Waals surface area contributed by atoms with Gasteiger partial charge >= 0.3 is 0 Å². The van der Waals surface area contributed by atoms with Crippen LogP contribution in [-0.4, -0.2) is 109 Å². The number of phenols is 1. The zero-order valence-corrected chi connectivity index (χ0v) is 17.2. The summed E-state index contributed by atoms with van der Waals surface area (Å²) < 4.78 is 16.3. The van der Waals surface area contributed by atoms with Crippen molar-refractivity contribution >= 4 is 0 Å². The van der Waals surface area contributed by atoms with E-state index in [1.807, 2.05) is 0 Å². The van der Waals surface area contributed by atoms with Crippen LogP contribution in [-0.2, 0) is 14.2 Å². The molecule has 1 aromatic rings. The molecule has 11 atom stereocenters. The molecule has 2 aliphatic heterocycles. The Labute approximate surface area is 184 Å². The minimum Gasteiger partial charge on any atom is -0.508 e. The number of aliphatic hydroxyl groups is 7. The van der Waals surface area contributed by atoms with Gasteiger partial charge in [0.25, 0.3) is 0 Å². The molecule has 0 amide bonds. The zero-order valence-electron chi connectivity index (χ0n) is 17.2. The van der Waals surface area contributed by atoms with Crippen molar-refractivity contribution in [3.63, 3.8) is 0 Å². The molecule has 2 aliphatic rings. The van der Waals surface area contributed by atoms with Crippen molar-refractivity contribution in [2.75, 3.05) is 13.2 Å². The highest BCUT2D eigenvalue weighted by Crippen LogP contribution is 2.35. The Kier molecular flexibility index (Phi) is 8.41. The highest BCUT2D eigenvalue weighted by molar-refractivity contribution is 5.27. The summed E-state index contributed by atoms with van der Waals surface area (Å²) in [7, 11) is 0. The predicted molar refractivity (Wildman–Crippen MR) is 106 cm³/mol. The first-order chi connectivity index (χ1) is 15.2. The van der Waals surface area contributed by atoms with Gasteiger partial charge in [0.2, 0.25) is 0 Å². The molecule has 2 heterocycles. The van der Waals surface area contributed by atoms with Crippen molar-refractivity contribution in [1.82, 2.24) is 0 Å². The van der Waals surface area contributed by atoms with Crippen LogP contribution in [0.25, 0.3) is 0 Å². The van der Waals surface area contributed by atoms with E-state index in [9.17, 15) is 40.9 Å². The Hall–Kier alpha value is -1.42. The minimum absolute atomic E-state index is 0.0415. The molecule has 12 heteroatoms. The van der Waals surface area contributed by atoms with Gasteiger partial charge in [0.05, 0.1) is 19.3 Å². The predicted octanol–water partition coefficient (Wildman–Crippen LogP) is -3.35. The molecule has 0 spiro atoms. The van der Waals surface area contributed by atoms with Gasteiger partial charge < -0.3 is 60.8 Å². The maximum atomic E-state index is 10.9. The first-order valence-corrected chi connectivity index (χ1v) is 10.3. The van der Waals surface area contributed by atoms with Gasteiger partial charge in [-0.3, -0.25) is 0 Å². The largest absolute Gasteiger partial charge is 0.508 e. The molecule has 1 unspecified atom stereocenters. The van der Waals surface area contributed by atoms with E-state index >= 15 is 0 Å². The molecule has 0 bridgehead atoms. The van der Waals surface area contributed by atoms with E-state index in [-0.39, 0.29) is 12.2 Å². The number of hydrogen-bond acceptors (Lipinski definition) is 12. The van der Waals surface area contributed by atoms with Crippen LogP contribution in [0.15, 0.2) is 24.3 Å². The Bertz CT molecular complexity index is 720. The van der Waals surface area contributed by atoms with E-state index in [1.54, 1.807) is 12.1 Å². The maximum Gasteiger partial charge on any atom is 0.187 e. The smallest absolute Gasteiger partial charge is 0.187 e. The SMILES string of the molecule is NC(C[C@@H]1[C@@H](O)[C@H](O[C@@H]2O[C@H](CO)[C@H](O)[C@H](O)[C@H]2O)[C@@H](CO)O[C@@H]1O)c1ccc(O)cc1. The van der Waals surface area contributed by atoms with Crippen LogP contribution in [0.3, 0.4) is 0 Å². The number of hydrogen-bond donors (Lipinski definition) is 9. The number of rotatable bonds is 7. The van der Waals surface area contributed by atoms with Crippen molar-refractivity contribution in [2.45, 2.75) is 67.8 Å². The average Bonchev–Trinajstić information content (AvgIpc) is 2.78. The Morgan fingerprint density at radius 1 is 0.844 bits per heavy atom. The molecule has 182 valence electrons. The highest BCUT2D eigenvalue weighted by atomic mass is 16.7. The fraction of sp³-hybridized carbons (Fsp3) is 0.700. The fourth-order valence-corrected chi connectivity index (χ4v) is 4.05. The maximum absolute atomic E-state index is 10.9. The van der Waals surface area contributed by atoms with Crippen LogP contribution >= 0.6 is 0 Å². The van der Waals surface area contributed by atoms with E-state index in [4.69, 9.17) is 19.9 Å². The standard InChI is InChI=1S/C20H31NO11/c21-11(8-1-3-9(24)4-2-8)5-10-14(25)18(13(7-23)30-19(10)29)32-20-17(28)16(27)15(26)12(6-22)31-20/h1-4,10-20,22-29H,5-7,21H2/t10-,11?,12-,13-,14-,15+,16+,17-,18-,19+,20+/m1/s1. The second-order valence-corrected chi connectivity index (χ2v) is 8.13. The lowest BCUT2D eigenvalue weighted by Gasteiger charge is -2.46. The lowest BCUT2D eigenvalue weighted by molar-refractivity contribution is -0.351. The molecule has 0 aromatic heterocycles. The van der Waals surface area contributed by atoms with Gasteiger partial charge in [-0.25, -0.2) is 0 Å². The zero-order chi connectivity index (χ0) is 23.6. The molecule has 0 saturated carbocycles. The van der Waals surface area contributed by atoms with Gasteiger partial charge in [0.15, 0.2) is 12.6 Å². The van der Waals surface area contributed by atoms with E-state index in [0.717, 1.165) is 0 Å². The van der Waals surface area contributed by atoms with Gasteiger partial charge in [0, 0.05) is 12.0 Å². The second kappa shape index (κ2) is 10.7. The van der Waals surface area contributed by atoms with Crippen molar-refractivity contribution in [2.24, 2.45) is 11.7 Å². The van der Waals surface area contributed by atoms with E-state index in [0.29, 0.717) is 5.56 Å². The van der Waals surface area contributed by atoms with Gasteiger partial charge in [-0.05, 0) is 24.1 Å². The number of aromatic hydroxyl groups is 1. The van der Waals surface area contributed by atoms with Crippen LogP contribution in [0.1, 0.15) is 18.0 Å². The summed E-state index contributed by atoms with van der Waals surface area (Å²) in [6, 6.07) is 5.45. The summed E-state index contributed by atoms with van der Waals surface area (Å²) in [6.45, 7) is -1.31. The third-order valence-electron chi connectivity index (χ3n) is 5.99. The molecule has 12 nitrogen and oxygen atoms in total. The van der Waals surface area contributed by atoms with Crippen molar-refractivity contribution < 1.29 is 55.1 Å². The average molecular weight is 461 g/mol. The molecular weight excluding hydrogens is 430 g/mol. The summed E-state index contributed by atoms with van der Waals surface area (Å²) in [5.41, 5.74) is 6.82. The first-order valence-electron chi connectivity index (χ1n) is 10.3. The second-order valence-electron chi connectivity index (χ2n) is 8.13. The van der Waals surface area contributed by atoms with E-state index < -0.39 is 80.5 Å². The normalized spacial score (nSPS) is 41.4. The molecule has 0 aliphatic carbocycles. The van der Waals surface area contributed by atoms with Gasteiger partial charge in [-0.1, -0.05) is 12.1 Å². The molecule has 0 radical (unpaired) electrons. The number of nitrogens with two attached hydrogens (primary N) is 1. The number of aliphatic hydroxyl groups excluding tert-OH is 7.